The summed E-state index contributed by atoms with van der Waals surface area (Å²) in [6.07, 6.45) is 1.99. The molecule has 1 atom stereocenters. The lowest BCUT2D eigenvalue weighted by molar-refractivity contribution is -0.105. The van der Waals surface area contributed by atoms with Crippen LogP contribution in [0.3, 0.4) is 0 Å². The minimum atomic E-state index is 0.117. The Morgan fingerprint density at radius 1 is 1.35 bits per heavy atom. The van der Waals surface area contributed by atoms with E-state index in [1.807, 2.05) is 18.2 Å². The van der Waals surface area contributed by atoms with E-state index >= 15 is 0 Å². The number of nitrogens with one attached hydrogen (secondary N) is 2. The Bertz CT molecular complexity index is 590. The van der Waals surface area contributed by atoms with Crippen LogP contribution in [0, 0.1) is 0 Å². The first-order chi connectivity index (χ1) is 9.69. The molecule has 3 rings (SSSR count). The predicted molar refractivity (Wildman–Crippen MR) is 78.9 cm³/mol. The summed E-state index contributed by atoms with van der Waals surface area (Å²) >= 11 is 11.2. The van der Waals surface area contributed by atoms with Gasteiger partial charge in [0.25, 0.3) is 0 Å². The average Bonchev–Trinajstić information content (AvgIpc) is 3.24. The van der Waals surface area contributed by atoms with Crippen molar-refractivity contribution in [3.05, 3.63) is 52.4 Å². The second-order valence-electron chi connectivity index (χ2n) is 3.99. The lowest BCUT2D eigenvalue weighted by Gasteiger charge is -1.94. The molecule has 5 nitrogen and oxygen atoms in total. The molecule has 2 heterocycles. The predicted octanol–water partition coefficient (Wildman–Crippen LogP) is 2.68. The van der Waals surface area contributed by atoms with Gasteiger partial charge in [-0.05, 0) is 35.4 Å². The lowest BCUT2D eigenvalue weighted by Crippen LogP contribution is -1.96. The number of hydrogen-bond acceptors (Lipinski definition) is 4. The smallest absolute Gasteiger partial charge is 0.224 e. The van der Waals surface area contributed by atoms with Crippen molar-refractivity contribution in [1.29, 1.82) is 0 Å². The minimum Gasteiger partial charge on any atom is -0.313 e. The van der Waals surface area contributed by atoms with Crippen molar-refractivity contribution < 1.29 is 4.79 Å². The van der Waals surface area contributed by atoms with E-state index in [9.17, 15) is 4.79 Å². The van der Waals surface area contributed by atoms with Gasteiger partial charge in [0.05, 0.1) is 0 Å². The quantitative estimate of drug-likeness (QED) is 0.519. The first-order valence-electron chi connectivity index (χ1n) is 5.86. The zero-order valence-electron chi connectivity index (χ0n) is 10.4. The third-order valence-electron chi connectivity index (χ3n) is 2.49. The fourth-order valence-electron chi connectivity index (χ4n) is 1.49. The Morgan fingerprint density at radius 3 is 2.75 bits per heavy atom. The summed E-state index contributed by atoms with van der Waals surface area (Å²) in [5, 5.41) is 6.49. The molecule has 1 saturated heterocycles. The van der Waals surface area contributed by atoms with Gasteiger partial charge in [0.15, 0.2) is 0 Å². The van der Waals surface area contributed by atoms with E-state index in [4.69, 9.17) is 23.2 Å². The number of aromatic nitrogens is 2. The Hall–Kier alpha value is -1.69. The first kappa shape index (κ1) is 14.7. The molecule has 0 spiro atoms. The molecule has 1 aromatic carbocycles. The van der Waals surface area contributed by atoms with Crippen molar-refractivity contribution in [3.63, 3.8) is 0 Å². The van der Waals surface area contributed by atoms with Gasteiger partial charge < -0.3 is 10.6 Å². The van der Waals surface area contributed by atoms with E-state index in [1.165, 1.54) is 11.8 Å². The van der Waals surface area contributed by atoms with Gasteiger partial charge in [0.2, 0.25) is 11.7 Å². The molecule has 2 N–H and O–H groups in total. The van der Waals surface area contributed by atoms with Crippen LogP contribution in [0.1, 0.15) is 11.6 Å². The third kappa shape index (κ3) is 4.77. The summed E-state index contributed by atoms with van der Waals surface area (Å²) in [5.41, 5.74) is 1.30. The largest absolute Gasteiger partial charge is 0.313 e. The molecule has 1 fully saturated rings. The van der Waals surface area contributed by atoms with Crippen LogP contribution in [-0.2, 0) is 4.79 Å². The second kappa shape index (κ2) is 7.19. The summed E-state index contributed by atoms with van der Waals surface area (Å²) in [7, 11) is 0. The molecule has 7 heteroatoms. The van der Waals surface area contributed by atoms with Crippen LogP contribution in [0.2, 0.25) is 10.3 Å². The number of nitrogens with zero attached hydrogens (tertiary/aromatic N) is 2. The molecular formula is C13H12Cl2N4O. The van der Waals surface area contributed by atoms with E-state index in [-0.39, 0.29) is 5.28 Å². The molecular weight excluding hydrogens is 299 g/mol. The number of rotatable bonds is 3. The van der Waals surface area contributed by atoms with Crippen molar-refractivity contribution in [3.8, 4) is 0 Å². The van der Waals surface area contributed by atoms with E-state index < -0.39 is 0 Å². The molecule has 0 aliphatic carbocycles. The molecule has 1 aliphatic heterocycles. The van der Waals surface area contributed by atoms with Crippen LogP contribution in [0.4, 0.5) is 5.82 Å². The first-order valence-corrected chi connectivity index (χ1v) is 6.62. The standard InChI is InChI=1S/C8H8ClN.C5H4ClN3O/c9-7-3-1-2-6(4-7)8-5-10-8;6-5-7-2-1-4(9-5)8-3-10/h1-4,8,10H,5H2;1-3H,(H,7,8,9,10)/t8-;/m1./s1. The van der Waals surface area contributed by atoms with Gasteiger partial charge in [-0.2, -0.15) is 0 Å². The number of anilines is 1. The van der Waals surface area contributed by atoms with Crippen LogP contribution < -0.4 is 10.6 Å². The monoisotopic (exact) mass is 310 g/mol. The van der Waals surface area contributed by atoms with Crippen molar-refractivity contribution >= 4 is 35.4 Å². The third-order valence-corrected chi connectivity index (χ3v) is 2.91. The van der Waals surface area contributed by atoms with Gasteiger partial charge in [-0.25, -0.2) is 9.97 Å². The highest BCUT2D eigenvalue weighted by molar-refractivity contribution is 6.30. The number of carbonyl (C=O) groups excluding carboxylic acids is 1. The van der Waals surface area contributed by atoms with Crippen LogP contribution in [0.15, 0.2) is 36.5 Å². The van der Waals surface area contributed by atoms with E-state index in [0.29, 0.717) is 18.3 Å². The maximum absolute atomic E-state index is 9.87. The molecule has 0 unspecified atom stereocenters. The minimum absolute atomic E-state index is 0.117. The highest BCUT2D eigenvalue weighted by Gasteiger charge is 2.21. The van der Waals surface area contributed by atoms with Gasteiger partial charge in [0, 0.05) is 23.8 Å². The molecule has 0 bridgehead atoms. The molecule has 1 aromatic heterocycles. The summed E-state index contributed by atoms with van der Waals surface area (Å²) in [6.45, 7) is 1.10. The topological polar surface area (TPSA) is 76.8 Å². The zero-order valence-corrected chi connectivity index (χ0v) is 11.9. The normalized spacial score (nSPS) is 15.8. The summed E-state index contributed by atoms with van der Waals surface area (Å²) in [6, 6.07) is 10.1. The highest BCUT2D eigenvalue weighted by Crippen LogP contribution is 2.23. The number of benzene rings is 1. The fourth-order valence-corrected chi connectivity index (χ4v) is 1.84. The average molecular weight is 311 g/mol. The van der Waals surface area contributed by atoms with Crippen molar-refractivity contribution in [2.75, 3.05) is 11.9 Å². The second-order valence-corrected chi connectivity index (χ2v) is 4.76. The number of carbonyl (C=O) groups is 1. The Balaban J connectivity index is 0.000000147. The SMILES string of the molecule is Clc1cccc([C@H]2CN2)c1.O=CNc1ccnc(Cl)n1. The molecule has 1 aliphatic rings. The highest BCUT2D eigenvalue weighted by atomic mass is 35.5. The number of halogens is 2. The van der Waals surface area contributed by atoms with Gasteiger partial charge in [-0.15, -0.1) is 0 Å². The molecule has 2 aromatic rings. The van der Waals surface area contributed by atoms with Gasteiger partial charge >= 0.3 is 0 Å². The van der Waals surface area contributed by atoms with E-state index in [0.717, 1.165) is 11.6 Å². The van der Waals surface area contributed by atoms with Crippen LogP contribution in [-0.4, -0.2) is 22.9 Å². The summed E-state index contributed by atoms with van der Waals surface area (Å²) < 4.78 is 0. The molecule has 1 amide bonds. The van der Waals surface area contributed by atoms with Gasteiger partial charge in [0.1, 0.15) is 5.82 Å². The Morgan fingerprint density at radius 2 is 2.15 bits per heavy atom. The van der Waals surface area contributed by atoms with Crippen LogP contribution in [0.5, 0.6) is 0 Å². The summed E-state index contributed by atoms with van der Waals surface area (Å²) in [4.78, 5) is 17.2. The van der Waals surface area contributed by atoms with Crippen LogP contribution in [0.25, 0.3) is 0 Å². The summed E-state index contributed by atoms with van der Waals surface area (Å²) in [5.74, 6) is 0.398. The van der Waals surface area contributed by atoms with Crippen LogP contribution >= 0.6 is 23.2 Å². The van der Waals surface area contributed by atoms with Crippen molar-refractivity contribution in [2.24, 2.45) is 0 Å². The fraction of sp³-hybridized carbons (Fsp3) is 0.154. The Kier molecular flexibility index (Phi) is 5.29. The maximum Gasteiger partial charge on any atom is 0.224 e. The van der Waals surface area contributed by atoms with E-state index in [1.54, 1.807) is 6.07 Å². The van der Waals surface area contributed by atoms with Crippen molar-refractivity contribution in [2.45, 2.75) is 6.04 Å². The van der Waals surface area contributed by atoms with Crippen molar-refractivity contribution in [1.82, 2.24) is 15.3 Å². The van der Waals surface area contributed by atoms with E-state index in [2.05, 4.69) is 26.7 Å². The van der Waals surface area contributed by atoms with Gasteiger partial charge in [-0.3, -0.25) is 4.79 Å². The number of amides is 1. The Labute approximate surface area is 126 Å². The van der Waals surface area contributed by atoms with Gasteiger partial charge in [-0.1, -0.05) is 23.7 Å². The molecule has 0 saturated carbocycles. The number of hydrogen-bond donors (Lipinski definition) is 2. The molecule has 0 radical (unpaired) electrons. The zero-order chi connectivity index (χ0) is 14.4. The maximum atomic E-state index is 9.87. The molecule has 104 valence electrons. The molecule has 20 heavy (non-hydrogen) atoms. The lowest BCUT2D eigenvalue weighted by atomic mass is 10.2.